The predicted octanol–water partition coefficient (Wildman–Crippen LogP) is 2.71. The number of halogens is 1. The second-order valence-electron chi connectivity index (χ2n) is 4.14. The van der Waals surface area contributed by atoms with E-state index in [0.717, 1.165) is 10.0 Å². The van der Waals surface area contributed by atoms with Gasteiger partial charge in [0.1, 0.15) is 0 Å². The molecule has 3 heteroatoms. The highest BCUT2D eigenvalue weighted by atomic mass is 79.9. The van der Waals surface area contributed by atoms with Crippen LogP contribution in [0, 0.1) is 11.8 Å². The molecule has 0 radical (unpaired) electrons. The van der Waals surface area contributed by atoms with Gasteiger partial charge in [-0.15, -0.1) is 0 Å². The fourth-order valence-corrected chi connectivity index (χ4v) is 1.94. The van der Waals surface area contributed by atoms with E-state index in [9.17, 15) is 5.11 Å². The molecule has 0 bridgehead atoms. The van der Waals surface area contributed by atoms with E-state index in [-0.39, 0.29) is 5.92 Å². The zero-order valence-corrected chi connectivity index (χ0v) is 10.7. The van der Waals surface area contributed by atoms with Gasteiger partial charge in [0.15, 0.2) is 0 Å². The lowest BCUT2D eigenvalue weighted by atomic mass is 9.87. The van der Waals surface area contributed by atoms with Crippen molar-refractivity contribution in [2.24, 2.45) is 17.6 Å². The average molecular weight is 272 g/mol. The Labute approximate surface area is 99.6 Å². The second-order valence-corrected chi connectivity index (χ2v) is 5.06. The Hall–Kier alpha value is -0.380. The van der Waals surface area contributed by atoms with E-state index in [2.05, 4.69) is 29.8 Å². The summed E-state index contributed by atoms with van der Waals surface area (Å²) in [4.78, 5) is 0. The Balaban J connectivity index is 2.82. The number of hydrogen-bond acceptors (Lipinski definition) is 2. The third-order valence-corrected chi connectivity index (χ3v) is 3.27. The molecule has 1 aromatic carbocycles. The Kier molecular flexibility index (Phi) is 4.77. The van der Waals surface area contributed by atoms with E-state index in [1.807, 2.05) is 24.3 Å². The second kappa shape index (κ2) is 5.64. The largest absolute Gasteiger partial charge is 0.388 e. The Morgan fingerprint density at radius 2 is 1.80 bits per heavy atom. The van der Waals surface area contributed by atoms with Crippen molar-refractivity contribution in [3.05, 3.63) is 34.3 Å². The number of nitrogens with two attached hydrogens (primary N) is 1. The maximum atomic E-state index is 10.1. The van der Waals surface area contributed by atoms with Crippen molar-refractivity contribution in [1.82, 2.24) is 0 Å². The highest BCUT2D eigenvalue weighted by molar-refractivity contribution is 9.10. The van der Waals surface area contributed by atoms with Gasteiger partial charge in [0.25, 0.3) is 0 Å². The first-order valence-electron chi connectivity index (χ1n) is 5.20. The standard InChI is InChI=1S/C12H18BrNO/c1-8(2)11(7-14)12(15)9-3-5-10(13)6-4-9/h3-6,8,11-12,15H,7,14H2,1-2H3. The van der Waals surface area contributed by atoms with Crippen molar-refractivity contribution < 1.29 is 5.11 Å². The van der Waals surface area contributed by atoms with Gasteiger partial charge in [-0.3, -0.25) is 0 Å². The smallest absolute Gasteiger partial charge is 0.0832 e. The molecule has 15 heavy (non-hydrogen) atoms. The molecule has 2 nitrogen and oxygen atoms in total. The lowest BCUT2D eigenvalue weighted by Gasteiger charge is -2.25. The summed E-state index contributed by atoms with van der Waals surface area (Å²) in [7, 11) is 0. The average Bonchev–Trinajstić information content (AvgIpc) is 2.19. The van der Waals surface area contributed by atoms with Gasteiger partial charge >= 0.3 is 0 Å². The van der Waals surface area contributed by atoms with Crippen LogP contribution in [0.3, 0.4) is 0 Å². The van der Waals surface area contributed by atoms with Crippen molar-refractivity contribution in [2.45, 2.75) is 20.0 Å². The van der Waals surface area contributed by atoms with Gasteiger partial charge in [-0.1, -0.05) is 41.9 Å². The van der Waals surface area contributed by atoms with Crippen molar-refractivity contribution >= 4 is 15.9 Å². The van der Waals surface area contributed by atoms with Gasteiger partial charge in [-0.2, -0.15) is 0 Å². The molecule has 0 amide bonds. The van der Waals surface area contributed by atoms with E-state index in [1.165, 1.54) is 0 Å². The van der Waals surface area contributed by atoms with E-state index in [1.54, 1.807) is 0 Å². The topological polar surface area (TPSA) is 46.2 Å². The zero-order valence-electron chi connectivity index (χ0n) is 9.15. The molecule has 2 atom stereocenters. The SMILES string of the molecule is CC(C)C(CN)C(O)c1ccc(Br)cc1. The molecule has 84 valence electrons. The van der Waals surface area contributed by atoms with Crippen molar-refractivity contribution in [3.63, 3.8) is 0 Å². The first kappa shape index (κ1) is 12.7. The predicted molar refractivity (Wildman–Crippen MR) is 66.5 cm³/mol. The molecular weight excluding hydrogens is 254 g/mol. The van der Waals surface area contributed by atoms with Crippen LogP contribution < -0.4 is 5.73 Å². The molecule has 0 aliphatic carbocycles. The monoisotopic (exact) mass is 271 g/mol. The van der Waals surface area contributed by atoms with Crippen molar-refractivity contribution in [2.75, 3.05) is 6.54 Å². The lowest BCUT2D eigenvalue weighted by Crippen LogP contribution is -2.26. The first-order valence-corrected chi connectivity index (χ1v) is 5.99. The van der Waals surface area contributed by atoms with E-state index < -0.39 is 6.10 Å². The van der Waals surface area contributed by atoms with Crippen LogP contribution in [0.2, 0.25) is 0 Å². The Bertz CT molecular complexity index is 297. The van der Waals surface area contributed by atoms with Crippen molar-refractivity contribution in [1.29, 1.82) is 0 Å². The van der Waals surface area contributed by atoms with Crippen LogP contribution in [-0.4, -0.2) is 11.7 Å². The lowest BCUT2D eigenvalue weighted by molar-refractivity contribution is 0.0861. The quantitative estimate of drug-likeness (QED) is 0.885. The van der Waals surface area contributed by atoms with E-state index in [4.69, 9.17) is 5.73 Å². The maximum absolute atomic E-state index is 10.1. The van der Waals surface area contributed by atoms with Gasteiger partial charge in [0, 0.05) is 10.4 Å². The summed E-state index contributed by atoms with van der Waals surface area (Å²) < 4.78 is 1.02. The molecule has 1 aromatic rings. The summed E-state index contributed by atoms with van der Waals surface area (Å²) in [6.45, 7) is 4.67. The van der Waals surface area contributed by atoms with Gasteiger partial charge < -0.3 is 10.8 Å². The third kappa shape index (κ3) is 3.30. The van der Waals surface area contributed by atoms with Crippen LogP contribution in [0.4, 0.5) is 0 Å². The molecule has 0 saturated carbocycles. The fourth-order valence-electron chi connectivity index (χ4n) is 1.67. The molecule has 0 aliphatic rings. The van der Waals surface area contributed by atoms with Crippen LogP contribution in [0.5, 0.6) is 0 Å². The van der Waals surface area contributed by atoms with Crippen LogP contribution in [0.1, 0.15) is 25.5 Å². The first-order chi connectivity index (χ1) is 7.06. The van der Waals surface area contributed by atoms with E-state index in [0.29, 0.717) is 12.5 Å². The van der Waals surface area contributed by atoms with Gasteiger partial charge in [-0.05, 0) is 30.2 Å². The van der Waals surface area contributed by atoms with Crippen molar-refractivity contribution in [3.8, 4) is 0 Å². The summed E-state index contributed by atoms with van der Waals surface area (Å²) in [6, 6.07) is 7.73. The Morgan fingerprint density at radius 1 is 1.27 bits per heavy atom. The molecule has 0 aliphatic heterocycles. The summed E-state index contributed by atoms with van der Waals surface area (Å²) in [5, 5.41) is 10.1. The number of rotatable bonds is 4. The minimum atomic E-state index is -0.469. The van der Waals surface area contributed by atoms with Gasteiger partial charge in [0.05, 0.1) is 6.10 Å². The molecule has 2 unspecified atom stereocenters. The molecule has 0 aromatic heterocycles. The third-order valence-electron chi connectivity index (χ3n) is 2.75. The molecule has 1 rings (SSSR count). The van der Waals surface area contributed by atoms with Gasteiger partial charge in [0.2, 0.25) is 0 Å². The highest BCUT2D eigenvalue weighted by Gasteiger charge is 2.22. The molecule has 0 spiro atoms. The van der Waals surface area contributed by atoms with Crippen LogP contribution >= 0.6 is 15.9 Å². The van der Waals surface area contributed by atoms with E-state index >= 15 is 0 Å². The number of hydrogen-bond donors (Lipinski definition) is 2. The molecule has 3 N–H and O–H groups in total. The normalized spacial score (nSPS) is 15.3. The highest BCUT2D eigenvalue weighted by Crippen LogP contribution is 2.27. The van der Waals surface area contributed by atoms with Crippen LogP contribution in [0.25, 0.3) is 0 Å². The number of aliphatic hydroxyl groups excluding tert-OH is 1. The molecule has 0 heterocycles. The summed E-state index contributed by atoms with van der Waals surface area (Å²) in [5.41, 5.74) is 6.61. The summed E-state index contributed by atoms with van der Waals surface area (Å²) >= 11 is 3.37. The van der Waals surface area contributed by atoms with Gasteiger partial charge in [-0.25, -0.2) is 0 Å². The summed E-state index contributed by atoms with van der Waals surface area (Å²) in [5.74, 6) is 0.500. The molecular formula is C12H18BrNO. The minimum absolute atomic E-state index is 0.117. The zero-order chi connectivity index (χ0) is 11.4. The Morgan fingerprint density at radius 3 is 2.20 bits per heavy atom. The molecule has 0 fully saturated rings. The number of aliphatic hydroxyl groups is 1. The summed E-state index contributed by atoms with van der Waals surface area (Å²) in [6.07, 6.45) is -0.469. The minimum Gasteiger partial charge on any atom is -0.388 e. The maximum Gasteiger partial charge on any atom is 0.0832 e. The fraction of sp³-hybridized carbons (Fsp3) is 0.500. The van der Waals surface area contributed by atoms with Crippen LogP contribution in [0.15, 0.2) is 28.7 Å². The number of benzene rings is 1. The molecule has 0 saturated heterocycles. The van der Waals surface area contributed by atoms with Crippen LogP contribution in [-0.2, 0) is 0 Å².